The van der Waals surface area contributed by atoms with Crippen molar-refractivity contribution in [1.82, 2.24) is 4.98 Å². The lowest BCUT2D eigenvalue weighted by atomic mass is 9.98. The van der Waals surface area contributed by atoms with Crippen LogP contribution in [0.3, 0.4) is 0 Å². The van der Waals surface area contributed by atoms with Crippen LogP contribution in [0.25, 0.3) is 10.9 Å². The number of aromatic nitrogens is 1. The standard InChI is InChI=1S/C14H14BrN/c15-13-6-5-10(8-13)12-7-11-3-1-2-4-14(11)16-9-12/h1-4,7,9-10,13H,5-6,8H2. The lowest BCUT2D eigenvalue weighted by Gasteiger charge is -2.09. The van der Waals surface area contributed by atoms with Gasteiger partial charge in [-0.25, -0.2) is 0 Å². The van der Waals surface area contributed by atoms with E-state index in [1.807, 2.05) is 6.07 Å². The lowest BCUT2D eigenvalue weighted by Crippen LogP contribution is -1.95. The molecule has 0 radical (unpaired) electrons. The summed E-state index contributed by atoms with van der Waals surface area (Å²) in [7, 11) is 0. The second-order valence-corrected chi connectivity index (χ2v) is 5.86. The van der Waals surface area contributed by atoms with E-state index in [0.29, 0.717) is 10.7 Å². The molecule has 0 amide bonds. The van der Waals surface area contributed by atoms with Crippen molar-refractivity contribution in [2.24, 2.45) is 0 Å². The van der Waals surface area contributed by atoms with Gasteiger partial charge in [-0.05, 0) is 42.9 Å². The second-order valence-electron chi connectivity index (χ2n) is 4.57. The van der Waals surface area contributed by atoms with Gasteiger partial charge in [0, 0.05) is 16.4 Å². The van der Waals surface area contributed by atoms with E-state index in [9.17, 15) is 0 Å². The van der Waals surface area contributed by atoms with E-state index in [2.05, 4.69) is 51.4 Å². The summed E-state index contributed by atoms with van der Waals surface area (Å²) in [4.78, 5) is 5.23. The van der Waals surface area contributed by atoms with Crippen LogP contribution < -0.4 is 0 Å². The third-order valence-electron chi connectivity index (χ3n) is 3.45. The first-order valence-corrected chi connectivity index (χ1v) is 6.73. The van der Waals surface area contributed by atoms with Crippen molar-refractivity contribution in [3.63, 3.8) is 0 Å². The van der Waals surface area contributed by atoms with Gasteiger partial charge in [0.15, 0.2) is 0 Å². The number of pyridine rings is 1. The molecule has 1 aromatic heterocycles. The average Bonchev–Trinajstić information content (AvgIpc) is 2.75. The minimum atomic E-state index is 0.696. The molecule has 3 rings (SSSR count). The zero-order valence-corrected chi connectivity index (χ0v) is 10.7. The van der Waals surface area contributed by atoms with Crippen LogP contribution in [0.4, 0.5) is 0 Å². The largest absolute Gasteiger partial charge is 0.256 e. The highest BCUT2D eigenvalue weighted by Crippen LogP contribution is 2.38. The van der Waals surface area contributed by atoms with Gasteiger partial charge in [-0.15, -0.1) is 0 Å². The monoisotopic (exact) mass is 275 g/mol. The van der Waals surface area contributed by atoms with Crippen molar-refractivity contribution in [1.29, 1.82) is 0 Å². The number of hydrogen-bond acceptors (Lipinski definition) is 1. The lowest BCUT2D eigenvalue weighted by molar-refractivity contribution is 0.723. The summed E-state index contributed by atoms with van der Waals surface area (Å²) in [5.41, 5.74) is 2.50. The summed E-state index contributed by atoms with van der Waals surface area (Å²) in [6.45, 7) is 0. The van der Waals surface area contributed by atoms with Gasteiger partial charge in [-0.1, -0.05) is 34.1 Å². The Labute approximate surface area is 104 Å². The third kappa shape index (κ3) is 1.86. The molecular formula is C14H14BrN. The minimum Gasteiger partial charge on any atom is -0.256 e. The highest BCUT2D eigenvalue weighted by molar-refractivity contribution is 9.09. The van der Waals surface area contributed by atoms with Crippen LogP contribution in [-0.2, 0) is 0 Å². The van der Waals surface area contributed by atoms with Crippen molar-refractivity contribution < 1.29 is 0 Å². The fraction of sp³-hybridized carbons (Fsp3) is 0.357. The molecule has 0 bridgehead atoms. The smallest absolute Gasteiger partial charge is 0.0702 e. The topological polar surface area (TPSA) is 12.9 Å². The van der Waals surface area contributed by atoms with Crippen LogP contribution >= 0.6 is 15.9 Å². The molecule has 1 heterocycles. The molecule has 1 nitrogen and oxygen atoms in total. The van der Waals surface area contributed by atoms with Crippen molar-refractivity contribution in [3.8, 4) is 0 Å². The van der Waals surface area contributed by atoms with Gasteiger partial charge in [0.2, 0.25) is 0 Å². The van der Waals surface area contributed by atoms with Gasteiger partial charge in [-0.3, -0.25) is 4.98 Å². The molecule has 1 fully saturated rings. The van der Waals surface area contributed by atoms with Crippen molar-refractivity contribution >= 4 is 26.8 Å². The number of para-hydroxylation sites is 1. The molecular weight excluding hydrogens is 262 g/mol. The third-order valence-corrected chi connectivity index (χ3v) is 4.28. The molecule has 1 aliphatic carbocycles. The molecule has 1 saturated carbocycles. The molecule has 2 atom stereocenters. The molecule has 0 N–H and O–H groups in total. The van der Waals surface area contributed by atoms with E-state index in [1.165, 1.54) is 30.2 Å². The number of nitrogens with zero attached hydrogens (tertiary/aromatic N) is 1. The molecule has 0 spiro atoms. The Morgan fingerprint density at radius 1 is 1.19 bits per heavy atom. The second kappa shape index (κ2) is 4.17. The van der Waals surface area contributed by atoms with Crippen molar-refractivity contribution in [3.05, 3.63) is 42.1 Å². The SMILES string of the molecule is BrC1CCC(c2cnc3ccccc3c2)C1. The van der Waals surface area contributed by atoms with Crippen LogP contribution in [0.15, 0.2) is 36.5 Å². The Morgan fingerprint density at radius 2 is 2.06 bits per heavy atom. The number of fused-ring (bicyclic) bond motifs is 1. The molecule has 1 aromatic carbocycles. The fourth-order valence-electron chi connectivity index (χ4n) is 2.54. The molecule has 2 heteroatoms. The van der Waals surface area contributed by atoms with Crippen LogP contribution in [-0.4, -0.2) is 9.81 Å². The normalized spacial score (nSPS) is 25.1. The zero-order chi connectivity index (χ0) is 11.0. The number of rotatable bonds is 1. The molecule has 0 aliphatic heterocycles. The average molecular weight is 276 g/mol. The van der Waals surface area contributed by atoms with Crippen LogP contribution in [0.2, 0.25) is 0 Å². The predicted octanol–water partition coefficient (Wildman–Crippen LogP) is 4.27. The Morgan fingerprint density at radius 3 is 2.88 bits per heavy atom. The van der Waals surface area contributed by atoms with Crippen molar-refractivity contribution in [2.45, 2.75) is 30.0 Å². The van der Waals surface area contributed by atoms with Gasteiger partial charge >= 0.3 is 0 Å². The van der Waals surface area contributed by atoms with Crippen LogP contribution in [0, 0.1) is 0 Å². The molecule has 82 valence electrons. The summed E-state index contributed by atoms with van der Waals surface area (Å²) in [6, 6.07) is 10.6. The maximum atomic E-state index is 4.54. The van der Waals surface area contributed by atoms with E-state index in [0.717, 1.165) is 5.52 Å². The van der Waals surface area contributed by atoms with E-state index >= 15 is 0 Å². The molecule has 1 aliphatic rings. The fourth-order valence-corrected chi connectivity index (χ4v) is 3.26. The highest BCUT2D eigenvalue weighted by atomic mass is 79.9. The van der Waals surface area contributed by atoms with E-state index < -0.39 is 0 Å². The number of alkyl halides is 1. The predicted molar refractivity (Wildman–Crippen MR) is 71.1 cm³/mol. The van der Waals surface area contributed by atoms with Gasteiger partial charge in [0.25, 0.3) is 0 Å². The quantitative estimate of drug-likeness (QED) is 0.709. The van der Waals surface area contributed by atoms with E-state index in [1.54, 1.807) is 0 Å². The first-order valence-electron chi connectivity index (χ1n) is 5.82. The highest BCUT2D eigenvalue weighted by Gasteiger charge is 2.24. The van der Waals surface area contributed by atoms with Gasteiger partial charge in [-0.2, -0.15) is 0 Å². The van der Waals surface area contributed by atoms with Gasteiger partial charge < -0.3 is 0 Å². The maximum Gasteiger partial charge on any atom is 0.0702 e. The molecule has 2 unspecified atom stereocenters. The summed E-state index contributed by atoms with van der Waals surface area (Å²) in [5.74, 6) is 0.696. The van der Waals surface area contributed by atoms with Crippen molar-refractivity contribution in [2.75, 3.05) is 0 Å². The summed E-state index contributed by atoms with van der Waals surface area (Å²) >= 11 is 3.71. The minimum absolute atomic E-state index is 0.696. The summed E-state index contributed by atoms with van der Waals surface area (Å²) < 4.78 is 0. The Hall–Kier alpha value is -0.890. The molecule has 2 aromatic rings. The summed E-state index contributed by atoms with van der Waals surface area (Å²) in [6.07, 6.45) is 5.88. The summed E-state index contributed by atoms with van der Waals surface area (Å²) in [5, 5.41) is 1.26. The number of hydrogen-bond donors (Lipinski definition) is 0. The maximum absolute atomic E-state index is 4.54. The first kappa shape index (κ1) is 10.3. The zero-order valence-electron chi connectivity index (χ0n) is 9.07. The first-order chi connectivity index (χ1) is 7.83. The van der Waals surface area contributed by atoms with Crippen LogP contribution in [0.5, 0.6) is 0 Å². The molecule has 16 heavy (non-hydrogen) atoms. The Bertz CT molecular complexity index is 509. The van der Waals surface area contributed by atoms with E-state index in [4.69, 9.17) is 0 Å². The molecule has 0 saturated heterocycles. The van der Waals surface area contributed by atoms with Gasteiger partial charge in [0.05, 0.1) is 5.52 Å². The van der Waals surface area contributed by atoms with Crippen LogP contribution in [0.1, 0.15) is 30.7 Å². The number of halogens is 1. The van der Waals surface area contributed by atoms with E-state index in [-0.39, 0.29) is 0 Å². The Balaban J connectivity index is 1.99. The Kier molecular flexibility index (Phi) is 2.68. The van der Waals surface area contributed by atoms with Gasteiger partial charge in [0.1, 0.15) is 0 Å². The number of benzene rings is 1.